The van der Waals surface area contributed by atoms with Crippen molar-refractivity contribution in [2.75, 3.05) is 6.61 Å². The molecule has 1 amide bonds. The van der Waals surface area contributed by atoms with Gasteiger partial charge in [-0.2, -0.15) is 0 Å². The maximum Gasteiger partial charge on any atom is 0.326 e. The maximum absolute atomic E-state index is 14.0. The maximum atomic E-state index is 14.0. The van der Waals surface area contributed by atoms with E-state index < -0.39 is 29.3 Å². The smallest absolute Gasteiger partial charge is 0.326 e. The Morgan fingerprint density at radius 2 is 2.11 bits per heavy atom. The van der Waals surface area contributed by atoms with Crippen LogP contribution in [-0.2, 0) is 9.53 Å². The first-order valence-electron chi connectivity index (χ1n) is 8.13. The van der Waals surface area contributed by atoms with Crippen LogP contribution in [0, 0.1) is 5.82 Å². The fourth-order valence-corrected chi connectivity index (χ4v) is 2.30. The molecule has 1 aromatic carbocycles. The fraction of sp³-hybridized carbons (Fsp3) is 0.412. The number of amides is 1. The Kier molecular flexibility index (Phi) is 6.50. The summed E-state index contributed by atoms with van der Waals surface area (Å²) in [6, 6.07) is 3.16. The summed E-state index contributed by atoms with van der Waals surface area (Å²) < 4.78 is 20.6. The summed E-state index contributed by atoms with van der Waals surface area (Å²) in [5.41, 5.74) is -0.559. The zero-order valence-corrected chi connectivity index (χ0v) is 15.8. The predicted octanol–water partition coefficient (Wildman–Crippen LogP) is 2.45. The van der Waals surface area contributed by atoms with Gasteiger partial charge in [-0.15, -0.1) is 5.10 Å². The Morgan fingerprint density at radius 3 is 2.74 bits per heavy atom. The van der Waals surface area contributed by atoms with Crippen LogP contribution >= 0.6 is 11.6 Å². The molecule has 0 radical (unpaired) electrons. The van der Waals surface area contributed by atoms with E-state index in [2.05, 4.69) is 15.6 Å². The summed E-state index contributed by atoms with van der Waals surface area (Å²) in [6.45, 7) is 5.68. The van der Waals surface area contributed by atoms with Gasteiger partial charge in [0.2, 0.25) is 0 Å². The van der Waals surface area contributed by atoms with E-state index in [4.69, 9.17) is 16.3 Å². The number of rotatable bonds is 7. The van der Waals surface area contributed by atoms with Gasteiger partial charge in [0.05, 0.1) is 16.8 Å². The Balaban J connectivity index is 2.07. The molecule has 2 N–H and O–H groups in total. The molecular formula is C17H20ClFN4O4. The lowest BCUT2D eigenvalue weighted by atomic mass is 10.1. The number of carbonyl (C=O) groups is 2. The lowest BCUT2D eigenvalue weighted by Gasteiger charge is -2.21. The molecular weight excluding hydrogens is 379 g/mol. The van der Waals surface area contributed by atoms with Crippen molar-refractivity contribution in [2.45, 2.75) is 38.8 Å². The van der Waals surface area contributed by atoms with Gasteiger partial charge in [-0.1, -0.05) is 22.9 Å². The number of aliphatic carboxylic acids is 1. The molecule has 0 aliphatic heterocycles. The number of nitrogens with zero attached hydrogens (tertiary/aromatic N) is 3. The van der Waals surface area contributed by atoms with E-state index in [1.165, 1.54) is 24.4 Å². The third-order valence-electron chi connectivity index (χ3n) is 3.45. The predicted molar refractivity (Wildman–Crippen MR) is 95.5 cm³/mol. The third kappa shape index (κ3) is 5.73. The number of halogens is 2. The standard InChI is InChI=1S/C17H20ClFN4O4/c1-17(2,3)27-8-7-11(16(25)26)20-15(24)12-9-23(22-21-12)13-6-4-5-10(18)14(13)19/h4-6,9,11H,7-8H2,1-3H3,(H,20,24)(H,25,26). The fourth-order valence-electron chi connectivity index (χ4n) is 2.13. The first-order chi connectivity index (χ1) is 12.6. The van der Waals surface area contributed by atoms with Gasteiger partial charge < -0.3 is 15.2 Å². The van der Waals surface area contributed by atoms with Crippen LogP contribution < -0.4 is 5.32 Å². The number of carbonyl (C=O) groups excluding carboxylic acids is 1. The number of carboxylic acids is 1. The quantitative estimate of drug-likeness (QED) is 0.742. The molecule has 0 fully saturated rings. The number of hydrogen-bond donors (Lipinski definition) is 2. The van der Waals surface area contributed by atoms with Crippen molar-refractivity contribution in [2.24, 2.45) is 0 Å². The highest BCUT2D eigenvalue weighted by Crippen LogP contribution is 2.20. The summed E-state index contributed by atoms with van der Waals surface area (Å²) >= 11 is 5.72. The van der Waals surface area contributed by atoms with Crippen molar-refractivity contribution < 1.29 is 23.8 Å². The van der Waals surface area contributed by atoms with Gasteiger partial charge >= 0.3 is 5.97 Å². The second-order valence-electron chi connectivity index (χ2n) is 6.74. The van der Waals surface area contributed by atoms with E-state index in [0.717, 1.165) is 4.68 Å². The van der Waals surface area contributed by atoms with Crippen molar-refractivity contribution in [1.29, 1.82) is 0 Å². The average molecular weight is 399 g/mol. The summed E-state index contributed by atoms with van der Waals surface area (Å²) in [5.74, 6) is -2.65. The highest BCUT2D eigenvalue weighted by atomic mass is 35.5. The van der Waals surface area contributed by atoms with E-state index in [-0.39, 0.29) is 29.4 Å². The molecule has 0 saturated heterocycles. The van der Waals surface area contributed by atoms with E-state index in [9.17, 15) is 19.1 Å². The lowest BCUT2D eigenvalue weighted by Crippen LogP contribution is -2.42. The minimum Gasteiger partial charge on any atom is -0.480 e. The SMILES string of the molecule is CC(C)(C)OCCC(NC(=O)c1cn(-c2cccc(Cl)c2F)nn1)C(=O)O. The normalized spacial score (nSPS) is 12.6. The summed E-state index contributed by atoms with van der Waals surface area (Å²) in [5, 5.41) is 18.9. The molecule has 2 rings (SSSR count). The zero-order valence-electron chi connectivity index (χ0n) is 15.1. The number of ether oxygens (including phenoxy) is 1. The van der Waals surface area contributed by atoms with Crippen molar-refractivity contribution in [1.82, 2.24) is 20.3 Å². The number of aromatic nitrogens is 3. The number of carboxylic acid groups (broad SMARTS) is 1. The zero-order chi connectivity index (χ0) is 20.2. The monoisotopic (exact) mass is 398 g/mol. The highest BCUT2D eigenvalue weighted by Gasteiger charge is 2.23. The molecule has 0 saturated carbocycles. The van der Waals surface area contributed by atoms with Crippen molar-refractivity contribution in [3.63, 3.8) is 0 Å². The van der Waals surface area contributed by atoms with Crippen LogP contribution in [0.5, 0.6) is 0 Å². The first kappa shape index (κ1) is 20.8. The molecule has 1 heterocycles. The Hall–Kier alpha value is -2.52. The van der Waals surface area contributed by atoms with E-state index in [1.807, 2.05) is 20.8 Å². The largest absolute Gasteiger partial charge is 0.480 e. The van der Waals surface area contributed by atoms with Crippen LogP contribution in [0.25, 0.3) is 5.69 Å². The van der Waals surface area contributed by atoms with Gasteiger partial charge in [0, 0.05) is 13.0 Å². The highest BCUT2D eigenvalue weighted by molar-refractivity contribution is 6.30. The Labute approximate surface area is 160 Å². The summed E-state index contributed by atoms with van der Waals surface area (Å²) in [7, 11) is 0. The molecule has 0 aliphatic rings. The van der Waals surface area contributed by atoms with Crippen LogP contribution in [-0.4, -0.2) is 50.2 Å². The van der Waals surface area contributed by atoms with Crippen LogP contribution in [0.15, 0.2) is 24.4 Å². The second-order valence-corrected chi connectivity index (χ2v) is 7.14. The molecule has 27 heavy (non-hydrogen) atoms. The van der Waals surface area contributed by atoms with Crippen molar-refractivity contribution in [3.8, 4) is 5.69 Å². The molecule has 146 valence electrons. The summed E-state index contributed by atoms with van der Waals surface area (Å²) in [4.78, 5) is 23.6. The molecule has 8 nitrogen and oxygen atoms in total. The Morgan fingerprint density at radius 1 is 1.41 bits per heavy atom. The van der Waals surface area contributed by atoms with Gasteiger partial charge in [0.15, 0.2) is 11.5 Å². The van der Waals surface area contributed by atoms with Gasteiger partial charge in [0.25, 0.3) is 5.91 Å². The minimum absolute atomic E-state index is 0.0161. The first-order valence-corrected chi connectivity index (χ1v) is 8.50. The Bertz CT molecular complexity index is 835. The second kappa shape index (κ2) is 8.45. The van der Waals surface area contributed by atoms with E-state index >= 15 is 0 Å². The molecule has 10 heteroatoms. The lowest BCUT2D eigenvalue weighted by molar-refractivity contribution is -0.140. The van der Waals surface area contributed by atoms with Gasteiger partial charge in [-0.3, -0.25) is 4.79 Å². The van der Waals surface area contributed by atoms with Crippen molar-refractivity contribution >= 4 is 23.5 Å². The van der Waals surface area contributed by atoms with Crippen LogP contribution in [0.4, 0.5) is 4.39 Å². The van der Waals surface area contributed by atoms with Gasteiger partial charge in [-0.05, 0) is 32.9 Å². The number of nitrogens with one attached hydrogen (secondary N) is 1. The number of hydrogen-bond acceptors (Lipinski definition) is 5. The molecule has 1 aromatic heterocycles. The number of benzene rings is 1. The van der Waals surface area contributed by atoms with Crippen LogP contribution in [0.2, 0.25) is 5.02 Å². The molecule has 1 unspecified atom stereocenters. The topological polar surface area (TPSA) is 106 Å². The molecule has 2 aromatic rings. The van der Waals surface area contributed by atoms with Gasteiger partial charge in [0.1, 0.15) is 11.7 Å². The van der Waals surface area contributed by atoms with E-state index in [1.54, 1.807) is 0 Å². The van der Waals surface area contributed by atoms with Crippen molar-refractivity contribution in [3.05, 3.63) is 40.9 Å². The minimum atomic E-state index is -1.20. The third-order valence-corrected chi connectivity index (χ3v) is 3.74. The average Bonchev–Trinajstić information content (AvgIpc) is 3.05. The summed E-state index contributed by atoms with van der Waals surface area (Å²) in [6.07, 6.45) is 1.27. The molecule has 0 bridgehead atoms. The molecule has 0 spiro atoms. The molecule has 1 atom stereocenters. The van der Waals surface area contributed by atoms with E-state index in [0.29, 0.717) is 0 Å². The molecule has 0 aliphatic carbocycles. The van der Waals surface area contributed by atoms with Crippen LogP contribution in [0.3, 0.4) is 0 Å². The van der Waals surface area contributed by atoms with Gasteiger partial charge in [-0.25, -0.2) is 13.9 Å². The van der Waals surface area contributed by atoms with Crippen LogP contribution in [0.1, 0.15) is 37.7 Å².